The van der Waals surface area contributed by atoms with Crippen LogP contribution in [0.15, 0.2) is 0 Å². The number of hydrogen-bond donors (Lipinski definition) is 5. The lowest BCUT2D eigenvalue weighted by atomic mass is 9.76. The Hall–Kier alpha value is -0.840. The van der Waals surface area contributed by atoms with Crippen LogP contribution in [-0.4, -0.2) is 86.7 Å². The zero-order valence-corrected chi connectivity index (χ0v) is 16.2. The van der Waals surface area contributed by atoms with Crippen molar-refractivity contribution in [2.45, 2.75) is 43.8 Å². The van der Waals surface area contributed by atoms with E-state index in [2.05, 4.69) is 33.3 Å². The summed E-state index contributed by atoms with van der Waals surface area (Å²) in [5, 5.41) is 11.6. The summed E-state index contributed by atoms with van der Waals surface area (Å²) >= 11 is 0. The molecule has 27 heavy (non-hydrogen) atoms. The van der Waals surface area contributed by atoms with Gasteiger partial charge in [-0.25, -0.2) is 14.8 Å². The smallest absolute Gasteiger partial charge is 0.229 e. The SMILES string of the molecule is CN1CCC(C2CCNCC2NC(=O)C2C(N)NN3CC(F)CNC23)CC1. The van der Waals surface area contributed by atoms with Gasteiger partial charge in [-0.2, -0.15) is 0 Å². The Bertz CT molecular complexity index is 530. The van der Waals surface area contributed by atoms with Crippen LogP contribution in [0.25, 0.3) is 0 Å². The fourth-order valence-corrected chi connectivity index (χ4v) is 5.32. The van der Waals surface area contributed by atoms with Crippen LogP contribution in [0.2, 0.25) is 0 Å². The van der Waals surface area contributed by atoms with Crippen molar-refractivity contribution in [1.82, 2.24) is 31.3 Å². The number of likely N-dealkylation sites (tertiary alicyclic amines) is 1. The average molecular weight is 384 g/mol. The summed E-state index contributed by atoms with van der Waals surface area (Å²) in [5.74, 6) is 0.734. The summed E-state index contributed by atoms with van der Waals surface area (Å²) in [7, 11) is 2.18. The fourth-order valence-electron chi connectivity index (χ4n) is 5.32. The third-order valence-corrected chi connectivity index (χ3v) is 6.86. The van der Waals surface area contributed by atoms with Gasteiger partial charge < -0.3 is 21.3 Å². The van der Waals surface area contributed by atoms with Crippen molar-refractivity contribution >= 4 is 5.91 Å². The van der Waals surface area contributed by atoms with Crippen LogP contribution in [0.4, 0.5) is 4.39 Å². The molecule has 0 bridgehead atoms. The van der Waals surface area contributed by atoms with Gasteiger partial charge in [-0.1, -0.05) is 0 Å². The molecule has 8 nitrogen and oxygen atoms in total. The number of halogens is 1. The Morgan fingerprint density at radius 1 is 1.22 bits per heavy atom. The van der Waals surface area contributed by atoms with E-state index in [0.717, 1.165) is 32.6 Å². The minimum absolute atomic E-state index is 0.0288. The summed E-state index contributed by atoms with van der Waals surface area (Å²) in [6, 6.07) is 0.137. The lowest BCUT2D eigenvalue weighted by Gasteiger charge is -2.42. The molecule has 4 aliphatic heterocycles. The highest BCUT2D eigenvalue weighted by molar-refractivity contribution is 5.80. The first kappa shape index (κ1) is 19.5. The highest BCUT2D eigenvalue weighted by Gasteiger charge is 2.47. The van der Waals surface area contributed by atoms with E-state index in [1.54, 1.807) is 5.01 Å². The molecular weight excluding hydrogens is 349 g/mol. The summed E-state index contributed by atoms with van der Waals surface area (Å²) in [6.07, 6.45) is 1.82. The summed E-state index contributed by atoms with van der Waals surface area (Å²) < 4.78 is 13.6. The molecule has 0 aromatic heterocycles. The predicted octanol–water partition coefficient (Wildman–Crippen LogP) is -1.59. The maximum atomic E-state index is 13.6. The second kappa shape index (κ2) is 8.26. The molecule has 4 fully saturated rings. The van der Waals surface area contributed by atoms with Crippen LogP contribution in [0.3, 0.4) is 0 Å². The first-order valence-corrected chi connectivity index (χ1v) is 10.4. The second-order valence-electron chi connectivity index (χ2n) is 8.70. The summed E-state index contributed by atoms with van der Waals surface area (Å²) in [5.41, 5.74) is 9.25. The number of fused-ring (bicyclic) bond motifs is 1. The van der Waals surface area contributed by atoms with E-state index in [1.165, 1.54) is 12.8 Å². The number of carbonyl (C=O) groups is 1. The van der Waals surface area contributed by atoms with E-state index in [1.807, 2.05) is 0 Å². The van der Waals surface area contributed by atoms with Crippen LogP contribution >= 0.6 is 0 Å². The maximum Gasteiger partial charge on any atom is 0.229 e. The number of nitrogens with zero attached hydrogens (tertiary/aromatic N) is 2. The third-order valence-electron chi connectivity index (χ3n) is 6.86. The van der Waals surface area contributed by atoms with Gasteiger partial charge >= 0.3 is 0 Å². The van der Waals surface area contributed by atoms with Gasteiger partial charge in [-0.15, -0.1) is 0 Å². The van der Waals surface area contributed by atoms with Crippen molar-refractivity contribution in [3.63, 3.8) is 0 Å². The van der Waals surface area contributed by atoms with Gasteiger partial charge in [0, 0.05) is 25.7 Å². The van der Waals surface area contributed by atoms with E-state index < -0.39 is 18.3 Å². The molecule has 6 atom stereocenters. The number of rotatable bonds is 3. The largest absolute Gasteiger partial charge is 0.351 e. The summed E-state index contributed by atoms with van der Waals surface area (Å²) in [6.45, 7) is 4.63. The Kier molecular flexibility index (Phi) is 5.96. The van der Waals surface area contributed by atoms with E-state index >= 15 is 0 Å². The number of alkyl halides is 1. The average Bonchev–Trinajstić information content (AvgIpc) is 2.98. The molecule has 9 heteroatoms. The molecule has 0 spiro atoms. The number of nitrogens with one attached hydrogen (secondary N) is 4. The monoisotopic (exact) mass is 383 g/mol. The van der Waals surface area contributed by atoms with E-state index in [-0.39, 0.29) is 31.2 Å². The van der Waals surface area contributed by atoms with Gasteiger partial charge in [0.05, 0.1) is 18.2 Å². The lowest BCUT2D eigenvalue weighted by molar-refractivity contribution is -0.128. The number of hydrogen-bond acceptors (Lipinski definition) is 7. The lowest BCUT2D eigenvalue weighted by Crippen LogP contribution is -2.60. The van der Waals surface area contributed by atoms with Crippen LogP contribution in [0.5, 0.6) is 0 Å². The van der Waals surface area contributed by atoms with Crippen molar-refractivity contribution in [1.29, 1.82) is 0 Å². The molecule has 0 aliphatic carbocycles. The zero-order chi connectivity index (χ0) is 19.0. The van der Waals surface area contributed by atoms with Crippen molar-refractivity contribution in [3.05, 3.63) is 0 Å². The first-order chi connectivity index (χ1) is 13.0. The Labute approximate surface area is 160 Å². The minimum atomic E-state index is -0.945. The molecule has 1 amide bonds. The number of carbonyl (C=O) groups excluding carboxylic acids is 1. The summed E-state index contributed by atoms with van der Waals surface area (Å²) in [4.78, 5) is 15.5. The quantitative estimate of drug-likeness (QED) is 0.401. The van der Waals surface area contributed by atoms with Crippen LogP contribution in [0.1, 0.15) is 19.3 Å². The number of piperidine rings is 2. The number of nitrogens with two attached hydrogens (primary N) is 1. The Morgan fingerprint density at radius 3 is 2.78 bits per heavy atom. The number of amides is 1. The van der Waals surface area contributed by atoms with Crippen LogP contribution in [0, 0.1) is 17.8 Å². The minimum Gasteiger partial charge on any atom is -0.351 e. The molecule has 6 unspecified atom stereocenters. The molecular formula is C18H34FN7O. The third kappa shape index (κ3) is 4.13. The van der Waals surface area contributed by atoms with Crippen LogP contribution in [-0.2, 0) is 4.79 Å². The first-order valence-electron chi connectivity index (χ1n) is 10.4. The molecule has 4 aliphatic rings. The fraction of sp³-hybridized carbons (Fsp3) is 0.944. The normalized spacial score (nSPS) is 42.0. The molecule has 0 aromatic rings. The molecule has 4 rings (SSSR count). The molecule has 4 heterocycles. The molecule has 0 saturated carbocycles. The highest BCUT2D eigenvalue weighted by atomic mass is 19.1. The van der Waals surface area contributed by atoms with Crippen molar-refractivity contribution in [2.75, 3.05) is 46.3 Å². The molecule has 154 valence electrons. The predicted molar refractivity (Wildman–Crippen MR) is 101 cm³/mol. The van der Waals surface area contributed by atoms with Gasteiger partial charge in [0.15, 0.2) is 0 Å². The number of hydrazine groups is 1. The van der Waals surface area contributed by atoms with Crippen molar-refractivity contribution in [2.24, 2.45) is 23.5 Å². The zero-order valence-electron chi connectivity index (χ0n) is 16.2. The topological polar surface area (TPSA) is 97.7 Å². The van der Waals surface area contributed by atoms with Gasteiger partial charge in [0.25, 0.3) is 0 Å². The van der Waals surface area contributed by atoms with E-state index in [0.29, 0.717) is 11.8 Å². The van der Waals surface area contributed by atoms with Gasteiger partial charge in [0.2, 0.25) is 5.91 Å². The van der Waals surface area contributed by atoms with Crippen LogP contribution < -0.4 is 27.1 Å². The maximum absolute atomic E-state index is 13.6. The highest BCUT2D eigenvalue weighted by Crippen LogP contribution is 2.31. The van der Waals surface area contributed by atoms with Gasteiger partial charge in [-0.3, -0.25) is 10.1 Å². The van der Waals surface area contributed by atoms with Gasteiger partial charge in [-0.05, 0) is 57.8 Å². The second-order valence-corrected chi connectivity index (χ2v) is 8.70. The molecule has 0 aromatic carbocycles. The molecule has 6 N–H and O–H groups in total. The van der Waals surface area contributed by atoms with E-state index in [4.69, 9.17) is 5.73 Å². The van der Waals surface area contributed by atoms with Crippen molar-refractivity contribution < 1.29 is 9.18 Å². The van der Waals surface area contributed by atoms with E-state index in [9.17, 15) is 9.18 Å². The standard InChI is InChI=1S/C18H34FN7O/c1-25-6-3-11(4-7-25)13-2-5-21-9-14(13)23-18(27)15-16(20)24-26-10-12(19)8-22-17(15)26/h11-17,21-22,24H,2-10,20H2,1H3,(H,23,27). The molecule has 4 saturated heterocycles. The van der Waals surface area contributed by atoms with Gasteiger partial charge in [0.1, 0.15) is 6.17 Å². The van der Waals surface area contributed by atoms with Crippen molar-refractivity contribution in [3.8, 4) is 0 Å². The molecule has 0 radical (unpaired) electrons. The Morgan fingerprint density at radius 2 is 2.00 bits per heavy atom. The Balaban J connectivity index is 1.40.